The molecule has 0 saturated carbocycles. The van der Waals surface area contributed by atoms with E-state index in [2.05, 4.69) is 69.4 Å². The highest BCUT2D eigenvalue weighted by Crippen LogP contribution is 2.17. The zero-order valence-corrected chi connectivity index (χ0v) is 48.9. The van der Waals surface area contributed by atoms with E-state index in [1.54, 1.807) is 0 Å². The van der Waals surface area contributed by atoms with Crippen molar-refractivity contribution < 1.29 is 28.6 Å². The standard InChI is InChI=1S/C67H122O6/c1-4-7-10-13-16-19-22-25-28-30-32-33-35-36-39-42-45-48-51-54-57-60-66(69)72-63-64(62-71-65(68)59-56-53-50-47-44-41-38-27-24-21-18-15-12-9-6-3)73-67(70)61-58-55-52-49-46-43-40-37-34-31-29-26-23-20-17-14-11-8-5-2/h17,20,26,29-30,32,34,37,64H,4-16,18-19,21-25,27-28,31,33,35-36,38-63H2,1-3H3/b20-17-,29-26-,32-30-,37-34-. The fourth-order valence-electron chi connectivity index (χ4n) is 9.45. The number of hydrogen-bond acceptors (Lipinski definition) is 6. The maximum Gasteiger partial charge on any atom is 0.306 e. The third-order valence-electron chi connectivity index (χ3n) is 14.3. The van der Waals surface area contributed by atoms with Gasteiger partial charge in [-0.15, -0.1) is 0 Å². The highest BCUT2D eigenvalue weighted by molar-refractivity contribution is 5.71. The van der Waals surface area contributed by atoms with E-state index < -0.39 is 6.10 Å². The third-order valence-corrected chi connectivity index (χ3v) is 14.3. The van der Waals surface area contributed by atoms with Crippen molar-refractivity contribution in [3.8, 4) is 0 Å². The lowest BCUT2D eigenvalue weighted by Crippen LogP contribution is -2.30. The van der Waals surface area contributed by atoms with Crippen LogP contribution < -0.4 is 0 Å². The first-order chi connectivity index (χ1) is 36.0. The molecule has 6 nitrogen and oxygen atoms in total. The summed E-state index contributed by atoms with van der Waals surface area (Å²) in [6.07, 6.45) is 76.8. The van der Waals surface area contributed by atoms with E-state index in [1.165, 1.54) is 225 Å². The van der Waals surface area contributed by atoms with Crippen molar-refractivity contribution >= 4 is 17.9 Å². The summed E-state index contributed by atoms with van der Waals surface area (Å²) in [6, 6.07) is 0. The zero-order chi connectivity index (χ0) is 52.9. The molecule has 0 aliphatic heterocycles. The smallest absolute Gasteiger partial charge is 0.306 e. The Bertz CT molecular complexity index is 1270. The van der Waals surface area contributed by atoms with Crippen LogP contribution in [0.3, 0.4) is 0 Å². The van der Waals surface area contributed by atoms with Gasteiger partial charge in [0.1, 0.15) is 13.2 Å². The van der Waals surface area contributed by atoms with Gasteiger partial charge in [0.15, 0.2) is 6.10 Å². The van der Waals surface area contributed by atoms with Crippen LogP contribution in [-0.4, -0.2) is 37.2 Å². The van der Waals surface area contributed by atoms with Gasteiger partial charge in [-0.3, -0.25) is 14.4 Å². The summed E-state index contributed by atoms with van der Waals surface area (Å²) < 4.78 is 16.9. The summed E-state index contributed by atoms with van der Waals surface area (Å²) in [7, 11) is 0. The Morgan fingerprint density at radius 1 is 0.274 bits per heavy atom. The molecule has 0 amide bonds. The van der Waals surface area contributed by atoms with Crippen LogP contribution in [0, 0.1) is 0 Å². The van der Waals surface area contributed by atoms with Crippen molar-refractivity contribution in [2.75, 3.05) is 13.2 Å². The molecule has 0 bridgehead atoms. The second kappa shape index (κ2) is 61.9. The summed E-state index contributed by atoms with van der Waals surface area (Å²) in [5.41, 5.74) is 0. The van der Waals surface area contributed by atoms with Gasteiger partial charge < -0.3 is 14.2 Å². The average molecular weight is 1020 g/mol. The summed E-state index contributed by atoms with van der Waals surface area (Å²) in [6.45, 7) is 6.65. The van der Waals surface area contributed by atoms with Crippen LogP contribution in [0.4, 0.5) is 0 Å². The molecule has 0 aromatic carbocycles. The summed E-state index contributed by atoms with van der Waals surface area (Å²) >= 11 is 0. The van der Waals surface area contributed by atoms with Crippen molar-refractivity contribution in [1.29, 1.82) is 0 Å². The molecule has 0 fully saturated rings. The van der Waals surface area contributed by atoms with E-state index in [9.17, 15) is 14.4 Å². The van der Waals surface area contributed by atoms with Gasteiger partial charge in [-0.25, -0.2) is 0 Å². The summed E-state index contributed by atoms with van der Waals surface area (Å²) in [5.74, 6) is -0.869. The first kappa shape index (κ1) is 70.4. The number of ether oxygens (including phenoxy) is 3. The lowest BCUT2D eigenvalue weighted by Gasteiger charge is -2.18. The minimum absolute atomic E-state index is 0.0755. The normalized spacial score (nSPS) is 12.3. The van der Waals surface area contributed by atoms with E-state index in [4.69, 9.17) is 14.2 Å². The SMILES string of the molecule is CCCCC/C=C\C/C=C\C/C=C\CCCCCCCCC(=O)OC(COC(=O)CCCCCCCCCCC/C=C\CCCCCCCCCC)COC(=O)CCCCCCCCCCCCCCCCC. The van der Waals surface area contributed by atoms with Crippen molar-refractivity contribution in [1.82, 2.24) is 0 Å². The van der Waals surface area contributed by atoms with Crippen molar-refractivity contribution in [2.24, 2.45) is 0 Å². The number of hydrogen-bond donors (Lipinski definition) is 0. The largest absolute Gasteiger partial charge is 0.462 e. The van der Waals surface area contributed by atoms with Crippen LogP contribution in [0.1, 0.15) is 342 Å². The van der Waals surface area contributed by atoms with Crippen LogP contribution in [-0.2, 0) is 28.6 Å². The Labute approximate surface area is 454 Å². The Morgan fingerprint density at radius 3 is 0.808 bits per heavy atom. The Kier molecular flexibility index (Phi) is 59.7. The lowest BCUT2D eigenvalue weighted by atomic mass is 10.0. The lowest BCUT2D eigenvalue weighted by molar-refractivity contribution is -0.167. The minimum atomic E-state index is -0.780. The second-order valence-corrected chi connectivity index (χ2v) is 21.7. The monoisotopic (exact) mass is 1020 g/mol. The molecule has 0 saturated heterocycles. The molecule has 1 atom stereocenters. The second-order valence-electron chi connectivity index (χ2n) is 21.7. The van der Waals surface area contributed by atoms with Crippen LogP contribution in [0.5, 0.6) is 0 Å². The van der Waals surface area contributed by atoms with Gasteiger partial charge in [-0.1, -0.05) is 288 Å². The maximum atomic E-state index is 12.9. The number of carbonyl (C=O) groups is 3. The fraction of sp³-hybridized carbons (Fsp3) is 0.836. The number of carbonyl (C=O) groups excluding carboxylic acids is 3. The van der Waals surface area contributed by atoms with Crippen molar-refractivity contribution in [3.63, 3.8) is 0 Å². The Balaban J connectivity index is 4.35. The summed E-state index contributed by atoms with van der Waals surface area (Å²) in [5, 5.41) is 0. The Hall–Kier alpha value is -2.63. The van der Waals surface area contributed by atoms with Crippen LogP contribution in [0.15, 0.2) is 48.6 Å². The van der Waals surface area contributed by atoms with Crippen LogP contribution in [0.25, 0.3) is 0 Å². The van der Waals surface area contributed by atoms with Gasteiger partial charge in [0.05, 0.1) is 0 Å². The predicted octanol–water partition coefficient (Wildman–Crippen LogP) is 21.8. The maximum absolute atomic E-state index is 12.9. The molecule has 0 radical (unpaired) electrons. The fourth-order valence-corrected chi connectivity index (χ4v) is 9.45. The molecule has 73 heavy (non-hydrogen) atoms. The van der Waals surface area contributed by atoms with Crippen molar-refractivity contribution in [3.05, 3.63) is 48.6 Å². The van der Waals surface area contributed by atoms with E-state index >= 15 is 0 Å². The van der Waals surface area contributed by atoms with E-state index in [-0.39, 0.29) is 31.1 Å². The minimum Gasteiger partial charge on any atom is -0.462 e. The quantitative estimate of drug-likeness (QED) is 0.0261. The third kappa shape index (κ3) is 60.1. The van der Waals surface area contributed by atoms with E-state index in [0.717, 1.165) is 77.0 Å². The van der Waals surface area contributed by atoms with Crippen molar-refractivity contribution in [2.45, 2.75) is 348 Å². The molecule has 426 valence electrons. The number of allylic oxidation sites excluding steroid dienone is 8. The topological polar surface area (TPSA) is 78.9 Å². The highest BCUT2D eigenvalue weighted by atomic mass is 16.6. The first-order valence-electron chi connectivity index (χ1n) is 32.1. The molecule has 0 aliphatic rings. The van der Waals surface area contributed by atoms with Gasteiger partial charge in [0.2, 0.25) is 0 Å². The van der Waals surface area contributed by atoms with Gasteiger partial charge in [-0.05, 0) is 83.5 Å². The first-order valence-corrected chi connectivity index (χ1v) is 32.1. The van der Waals surface area contributed by atoms with Gasteiger partial charge in [0, 0.05) is 19.3 Å². The summed E-state index contributed by atoms with van der Waals surface area (Å²) in [4.78, 5) is 38.3. The zero-order valence-electron chi connectivity index (χ0n) is 48.9. The van der Waals surface area contributed by atoms with Gasteiger partial charge in [0.25, 0.3) is 0 Å². The van der Waals surface area contributed by atoms with Gasteiger partial charge in [-0.2, -0.15) is 0 Å². The molecule has 1 unspecified atom stereocenters. The van der Waals surface area contributed by atoms with Crippen LogP contribution in [0.2, 0.25) is 0 Å². The Morgan fingerprint density at radius 2 is 0.493 bits per heavy atom. The number of rotatable bonds is 59. The van der Waals surface area contributed by atoms with Gasteiger partial charge >= 0.3 is 17.9 Å². The molecule has 0 spiro atoms. The van der Waals surface area contributed by atoms with Crippen LogP contribution >= 0.6 is 0 Å². The molecular formula is C67H122O6. The highest BCUT2D eigenvalue weighted by Gasteiger charge is 2.19. The molecule has 6 heteroatoms. The molecular weight excluding hydrogens is 901 g/mol. The number of esters is 3. The van der Waals surface area contributed by atoms with E-state index in [1.807, 2.05) is 0 Å². The average Bonchev–Trinajstić information content (AvgIpc) is 3.39. The molecule has 0 aromatic rings. The molecule has 0 rings (SSSR count). The molecule has 0 N–H and O–H groups in total. The predicted molar refractivity (Wildman–Crippen MR) is 316 cm³/mol. The molecule has 0 aromatic heterocycles. The van der Waals surface area contributed by atoms with E-state index in [0.29, 0.717) is 19.3 Å². The molecule has 0 aliphatic carbocycles. The number of unbranched alkanes of at least 4 members (excludes halogenated alkanes) is 40. The molecule has 0 heterocycles.